The number of nitrogens with zero attached hydrogens (tertiary/aromatic N) is 1. The second kappa shape index (κ2) is 9.61. The van der Waals surface area contributed by atoms with Gasteiger partial charge in [0.2, 0.25) is 0 Å². The number of benzene rings is 3. The van der Waals surface area contributed by atoms with Crippen LogP contribution in [0.15, 0.2) is 83.8 Å². The van der Waals surface area contributed by atoms with Gasteiger partial charge in [-0.15, -0.1) is 0 Å². The van der Waals surface area contributed by atoms with Crippen molar-refractivity contribution in [3.05, 3.63) is 84.4 Å². The second-order valence-corrected chi connectivity index (χ2v) is 8.61. The number of carbonyl (C=O) groups is 1. The van der Waals surface area contributed by atoms with Crippen molar-refractivity contribution in [3.8, 4) is 11.5 Å². The van der Waals surface area contributed by atoms with Crippen LogP contribution in [0.25, 0.3) is 0 Å². The molecule has 1 atom stereocenters. The van der Waals surface area contributed by atoms with E-state index in [1.165, 1.54) is 29.7 Å². The molecule has 0 aliphatic rings. The first-order valence-corrected chi connectivity index (χ1v) is 10.8. The number of anilines is 1. The third kappa shape index (κ3) is 5.40. The molecule has 162 valence electrons. The van der Waals surface area contributed by atoms with Gasteiger partial charge in [0.25, 0.3) is 15.9 Å². The number of aryl methyl sites for hydroxylation is 1. The summed E-state index contributed by atoms with van der Waals surface area (Å²) in [5.41, 5.74) is 2.63. The van der Waals surface area contributed by atoms with Crippen LogP contribution in [0.4, 0.5) is 5.69 Å². The zero-order chi connectivity index (χ0) is 22.4. The average Bonchev–Trinajstić information content (AvgIpc) is 2.79. The number of carbonyl (C=O) groups excluding carboxylic acids is 1. The Hall–Kier alpha value is -3.40. The first-order valence-electron chi connectivity index (χ1n) is 9.35. The molecule has 31 heavy (non-hydrogen) atoms. The minimum Gasteiger partial charge on any atom is -0.457 e. The fourth-order valence-electron chi connectivity index (χ4n) is 2.80. The van der Waals surface area contributed by atoms with Crippen LogP contribution in [-0.2, 0) is 14.8 Å². The lowest BCUT2D eigenvalue weighted by atomic mass is 10.2. The van der Waals surface area contributed by atoms with Gasteiger partial charge in [0.1, 0.15) is 11.5 Å². The number of aliphatic hydroxyl groups is 1. The summed E-state index contributed by atoms with van der Waals surface area (Å²) < 4.78 is 33.0. The molecular weight excluding hydrogens is 420 g/mol. The third-order valence-corrected chi connectivity index (χ3v) is 6.27. The lowest BCUT2D eigenvalue weighted by Gasteiger charge is -2.26. The fourth-order valence-corrected chi connectivity index (χ4v) is 4.29. The van der Waals surface area contributed by atoms with Crippen LogP contribution >= 0.6 is 0 Å². The molecule has 0 saturated carbocycles. The van der Waals surface area contributed by atoms with Gasteiger partial charge in [0.05, 0.1) is 17.1 Å². The van der Waals surface area contributed by atoms with Gasteiger partial charge in [-0.3, -0.25) is 14.3 Å². The molecule has 0 unspecified atom stereocenters. The quantitative estimate of drug-likeness (QED) is 0.365. The molecule has 0 aromatic heterocycles. The first-order chi connectivity index (χ1) is 14.8. The maximum Gasteiger partial charge on any atom is 0.274 e. The molecule has 0 spiro atoms. The lowest BCUT2D eigenvalue weighted by molar-refractivity contribution is -0.137. The predicted octanol–water partition coefficient (Wildman–Crippen LogP) is 2.85. The zero-order valence-electron chi connectivity index (χ0n) is 16.7. The van der Waals surface area contributed by atoms with Crippen LogP contribution in [0.5, 0.6) is 11.5 Å². The highest BCUT2D eigenvalue weighted by Gasteiger charge is 2.29. The summed E-state index contributed by atoms with van der Waals surface area (Å²) in [6.07, 6.45) is -1.79. The minimum absolute atomic E-state index is 0.00779. The summed E-state index contributed by atoms with van der Waals surface area (Å²) in [7, 11) is -4.10. The molecule has 0 fully saturated rings. The normalized spacial score (nSPS) is 12.1. The number of ether oxygens (including phenoxy) is 1. The van der Waals surface area contributed by atoms with Crippen LogP contribution < -0.4 is 14.5 Å². The van der Waals surface area contributed by atoms with E-state index in [0.29, 0.717) is 11.5 Å². The fraction of sp³-hybridized carbons (Fsp3) is 0.136. The summed E-state index contributed by atoms with van der Waals surface area (Å²) in [6.45, 7) is 1.37. The monoisotopic (exact) mass is 442 g/mol. The summed E-state index contributed by atoms with van der Waals surface area (Å²) in [5, 5.41) is 18.8. The van der Waals surface area contributed by atoms with Crippen LogP contribution in [-0.4, -0.2) is 37.3 Å². The van der Waals surface area contributed by atoms with Gasteiger partial charge < -0.3 is 9.84 Å². The van der Waals surface area contributed by atoms with E-state index in [4.69, 9.17) is 9.94 Å². The van der Waals surface area contributed by atoms with Crippen molar-refractivity contribution in [1.82, 2.24) is 5.48 Å². The maximum absolute atomic E-state index is 13.2. The molecule has 0 bridgehead atoms. The number of hydrogen-bond donors (Lipinski definition) is 3. The van der Waals surface area contributed by atoms with E-state index in [0.717, 1.165) is 9.87 Å². The molecule has 0 heterocycles. The predicted molar refractivity (Wildman–Crippen MR) is 115 cm³/mol. The molecule has 3 N–H and O–H groups in total. The van der Waals surface area contributed by atoms with Crippen LogP contribution in [0.3, 0.4) is 0 Å². The molecule has 0 aliphatic heterocycles. The summed E-state index contributed by atoms with van der Waals surface area (Å²) >= 11 is 0. The van der Waals surface area contributed by atoms with Crippen LogP contribution in [0.1, 0.15) is 5.56 Å². The molecule has 1 amide bonds. The Labute approximate surface area is 180 Å². The van der Waals surface area contributed by atoms with E-state index in [1.54, 1.807) is 30.3 Å². The highest BCUT2D eigenvalue weighted by Crippen LogP contribution is 2.28. The Morgan fingerprint density at radius 2 is 1.52 bits per heavy atom. The molecule has 0 saturated heterocycles. The third-order valence-electron chi connectivity index (χ3n) is 4.46. The van der Waals surface area contributed by atoms with Crippen molar-refractivity contribution in [2.24, 2.45) is 0 Å². The van der Waals surface area contributed by atoms with Crippen molar-refractivity contribution in [2.75, 3.05) is 10.8 Å². The Morgan fingerprint density at radius 1 is 0.968 bits per heavy atom. The van der Waals surface area contributed by atoms with Gasteiger partial charge in [0.15, 0.2) is 6.10 Å². The van der Waals surface area contributed by atoms with Crippen molar-refractivity contribution < 1.29 is 28.3 Å². The molecule has 9 heteroatoms. The van der Waals surface area contributed by atoms with Crippen molar-refractivity contribution in [2.45, 2.75) is 17.9 Å². The Kier molecular flexibility index (Phi) is 6.91. The van der Waals surface area contributed by atoms with E-state index >= 15 is 0 Å². The standard InChI is InChI=1S/C22H22N2O6S/c1-16-7-11-18(12-8-16)30-19-13-9-17(10-14-19)24(15-21(25)22(26)23-27)31(28,29)20-5-3-2-4-6-20/h2-14,21,25,27H,15H2,1H3,(H,23,26)/t21-/m0/s1. The SMILES string of the molecule is Cc1ccc(Oc2ccc(N(C[C@H](O)C(=O)NO)S(=O)(=O)c3ccccc3)cc2)cc1. The van der Waals surface area contributed by atoms with Crippen LogP contribution in [0, 0.1) is 6.92 Å². The summed E-state index contributed by atoms with van der Waals surface area (Å²) in [5.74, 6) is -0.00643. The molecular formula is C22H22N2O6S. The highest BCUT2D eigenvalue weighted by atomic mass is 32.2. The number of sulfonamides is 1. The summed E-state index contributed by atoms with van der Waals surface area (Å²) in [6, 6.07) is 21.3. The van der Waals surface area contributed by atoms with Gasteiger partial charge in [-0.2, -0.15) is 0 Å². The average molecular weight is 442 g/mol. The van der Waals surface area contributed by atoms with Crippen LogP contribution in [0.2, 0.25) is 0 Å². The first kappa shape index (κ1) is 22.3. The van der Waals surface area contributed by atoms with E-state index in [2.05, 4.69) is 0 Å². The molecule has 8 nitrogen and oxygen atoms in total. The van der Waals surface area contributed by atoms with E-state index < -0.39 is 28.6 Å². The second-order valence-electron chi connectivity index (χ2n) is 6.75. The Balaban J connectivity index is 1.91. The number of rotatable bonds is 8. The highest BCUT2D eigenvalue weighted by molar-refractivity contribution is 7.92. The van der Waals surface area contributed by atoms with Crippen molar-refractivity contribution >= 4 is 21.6 Å². The smallest absolute Gasteiger partial charge is 0.274 e. The number of nitrogens with one attached hydrogen (secondary N) is 1. The maximum atomic E-state index is 13.2. The van der Waals surface area contributed by atoms with Gasteiger partial charge in [-0.05, 0) is 55.5 Å². The minimum atomic E-state index is -4.10. The lowest BCUT2D eigenvalue weighted by Crippen LogP contribution is -2.44. The number of aliphatic hydroxyl groups excluding tert-OH is 1. The number of hydroxylamine groups is 1. The molecule has 3 rings (SSSR count). The van der Waals surface area contributed by atoms with Gasteiger partial charge >= 0.3 is 0 Å². The largest absolute Gasteiger partial charge is 0.457 e. The van der Waals surface area contributed by atoms with E-state index in [-0.39, 0.29) is 10.6 Å². The molecule has 0 radical (unpaired) electrons. The van der Waals surface area contributed by atoms with Gasteiger partial charge in [-0.25, -0.2) is 13.9 Å². The van der Waals surface area contributed by atoms with Crippen molar-refractivity contribution in [3.63, 3.8) is 0 Å². The van der Waals surface area contributed by atoms with Crippen molar-refractivity contribution in [1.29, 1.82) is 0 Å². The van der Waals surface area contributed by atoms with Gasteiger partial charge in [-0.1, -0.05) is 35.9 Å². The Bertz CT molecular complexity index is 1120. The molecule has 3 aromatic rings. The van der Waals surface area contributed by atoms with E-state index in [1.807, 2.05) is 31.2 Å². The zero-order valence-corrected chi connectivity index (χ0v) is 17.5. The van der Waals surface area contributed by atoms with Gasteiger partial charge in [0, 0.05) is 0 Å². The molecule has 3 aromatic carbocycles. The topological polar surface area (TPSA) is 116 Å². The molecule has 0 aliphatic carbocycles. The number of hydrogen-bond acceptors (Lipinski definition) is 6. The number of amides is 1. The summed E-state index contributed by atoms with van der Waals surface area (Å²) in [4.78, 5) is 11.6. The van der Waals surface area contributed by atoms with E-state index in [9.17, 15) is 18.3 Å². The Morgan fingerprint density at radius 3 is 2.06 bits per heavy atom.